The molecule has 20 heavy (non-hydrogen) atoms. The molecule has 1 aliphatic heterocycles. The molecule has 2 aliphatic carbocycles. The smallest absolute Gasteiger partial charge is 0.248 e. The summed E-state index contributed by atoms with van der Waals surface area (Å²) >= 11 is 0. The topological polar surface area (TPSA) is 49.4 Å². The van der Waals surface area contributed by atoms with E-state index in [1.165, 1.54) is 24.8 Å². The minimum Gasteiger partial charge on any atom is -0.342 e. The van der Waals surface area contributed by atoms with Crippen LogP contribution in [0.4, 0.5) is 0 Å². The Morgan fingerprint density at radius 1 is 1.15 bits per heavy atom. The molecule has 3 rings (SSSR count). The third-order valence-corrected chi connectivity index (χ3v) is 4.98. The molecule has 1 N–H and O–H groups in total. The molecule has 0 aromatic rings. The Bertz CT molecular complexity index is 436. The van der Waals surface area contributed by atoms with Gasteiger partial charge >= 0.3 is 0 Å². The minimum absolute atomic E-state index is 0.0443. The molecule has 1 heterocycles. The van der Waals surface area contributed by atoms with Crippen molar-refractivity contribution in [2.45, 2.75) is 63.3 Å². The highest BCUT2D eigenvalue weighted by Gasteiger charge is 2.46. The summed E-state index contributed by atoms with van der Waals surface area (Å²) in [6, 6.07) is 0. The number of nitrogens with one attached hydrogen (secondary N) is 1. The Hall–Kier alpha value is -1.32. The van der Waals surface area contributed by atoms with Crippen molar-refractivity contribution in [3.63, 3.8) is 0 Å². The molecule has 4 nitrogen and oxygen atoms in total. The second-order valence-electron chi connectivity index (χ2n) is 6.38. The molecule has 0 bridgehead atoms. The predicted octanol–water partition coefficient (Wildman–Crippen LogP) is 2.15. The van der Waals surface area contributed by atoms with Gasteiger partial charge in [0.05, 0.1) is 0 Å². The monoisotopic (exact) mass is 276 g/mol. The first kappa shape index (κ1) is 13.7. The summed E-state index contributed by atoms with van der Waals surface area (Å²) in [5, 5.41) is 3.02. The fourth-order valence-corrected chi connectivity index (χ4v) is 3.80. The molecule has 0 unspecified atom stereocenters. The molecule has 4 heteroatoms. The maximum atomic E-state index is 12.8. The standard InChI is InChI=1S/C16H24N2O2/c19-14-8-12-18(11-7-13-5-1-2-6-13)15(20)16(17-14)9-3-4-10-16/h5H,1-4,6-12H2,(H,17,19). The predicted molar refractivity (Wildman–Crippen MR) is 77.1 cm³/mol. The fourth-order valence-electron chi connectivity index (χ4n) is 3.80. The molecule has 110 valence electrons. The zero-order valence-electron chi connectivity index (χ0n) is 12.1. The zero-order valence-corrected chi connectivity index (χ0v) is 12.1. The van der Waals surface area contributed by atoms with Gasteiger partial charge < -0.3 is 10.2 Å². The SMILES string of the molecule is O=C1CCN(CCC2=CCCC2)C(=O)C2(CCCC2)N1. The summed E-state index contributed by atoms with van der Waals surface area (Å²) in [6.45, 7) is 1.36. The van der Waals surface area contributed by atoms with Crippen LogP contribution in [-0.4, -0.2) is 35.3 Å². The third kappa shape index (κ3) is 2.60. The van der Waals surface area contributed by atoms with Crippen molar-refractivity contribution in [3.05, 3.63) is 11.6 Å². The Kier molecular flexibility index (Phi) is 3.81. The molecule has 0 radical (unpaired) electrons. The first-order valence-electron chi connectivity index (χ1n) is 7.98. The van der Waals surface area contributed by atoms with E-state index in [4.69, 9.17) is 0 Å². The highest BCUT2D eigenvalue weighted by Crippen LogP contribution is 2.33. The van der Waals surface area contributed by atoms with E-state index in [0.717, 1.165) is 38.6 Å². The number of hydrogen-bond acceptors (Lipinski definition) is 2. The van der Waals surface area contributed by atoms with Crippen LogP contribution in [0.3, 0.4) is 0 Å². The second-order valence-corrected chi connectivity index (χ2v) is 6.38. The van der Waals surface area contributed by atoms with Gasteiger partial charge in [0.15, 0.2) is 0 Å². The number of carbonyl (C=O) groups is 2. The van der Waals surface area contributed by atoms with Crippen LogP contribution in [0.15, 0.2) is 11.6 Å². The molecule has 1 saturated carbocycles. The lowest BCUT2D eigenvalue weighted by atomic mass is 9.95. The van der Waals surface area contributed by atoms with E-state index >= 15 is 0 Å². The molecular formula is C16H24N2O2. The number of amides is 2. The van der Waals surface area contributed by atoms with Crippen molar-refractivity contribution >= 4 is 11.8 Å². The Balaban J connectivity index is 1.69. The number of rotatable bonds is 3. The Morgan fingerprint density at radius 2 is 1.95 bits per heavy atom. The van der Waals surface area contributed by atoms with Gasteiger partial charge in [-0.15, -0.1) is 0 Å². The largest absolute Gasteiger partial charge is 0.342 e. The molecule has 3 aliphatic rings. The van der Waals surface area contributed by atoms with Crippen LogP contribution in [0.2, 0.25) is 0 Å². The maximum absolute atomic E-state index is 12.8. The first-order valence-corrected chi connectivity index (χ1v) is 7.98. The van der Waals surface area contributed by atoms with Gasteiger partial charge in [-0.05, 0) is 38.5 Å². The molecule has 2 fully saturated rings. The molecule has 0 aromatic carbocycles. The van der Waals surface area contributed by atoms with Gasteiger partial charge in [0, 0.05) is 19.5 Å². The van der Waals surface area contributed by atoms with E-state index in [-0.39, 0.29) is 11.8 Å². The van der Waals surface area contributed by atoms with Crippen molar-refractivity contribution in [2.75, 3.05) is 13.1 Å². The number of carbonyl (C=O) groups excluding carboxylic acids is 2. The van der Waals surface area contributed by atoms with Gasteiger partial charge in [-0.1, -0.05) is 24.5 Å². The quantitative estimate of drug-likeness (QED) is 0.803. The van der Waals surface area contributed by atoms with E-state index in [2.05, 4.69) is 11.4 Å². The van der Waals surface area contributed by atoms with Crippen LogP contribution >= 0.6 is 0 Å². The summed E-state index contributed by atoms with van der Waals surface area (Å²) in [5.74, 6) is 0.210. The van der Waals surface area contributed by atoms with E-state index in [1.54, 1.807) is 0 Å². The maximum Gasteiger partial charge on any atom is 0.248 e. The summed E-state index contributed by atoms with van der Waals surface area (Å²) in [4.78, 5) is 26.6. The summed E-state index contributed by atoms with van der Waals surface area (Å²) in [7, 11) is 0. The average Bonchev–Trinajstić information content (AvgIpc) is 3.07. The number of allylic oxidation sites excluding steroid dienone is 1. The zero-order chi connectivity index (χ0) is 14.0. The number of hydrogen-bond donors (Lipinski definition) is 1. The molecule has 0 aromatic heterocycles. The van der Waals surface area contributed by atoms with Gasteiger partial charge in [0.25, 0.3) is 0 Å². The van der Waals surface area contributed by atoms with Gasteiger partial charge in [0.2, 0.25) is 11.8 Å². The Morgan fingerprint density at radius 3 is 2.65 bits per heavy atom. The van der Waals surface area contributed by atoms with Crippen LogP contribution in [0, 0.1) is 0 Å². The highest BCUT2D eigenvalue weighted by atomic mass is 16.2. The summed E-state index contributed by atoms with van der Waals surface area (Å²) in [6.07, 6.45) is 11.1. The van der Waals surface area contributed by atoms with Gasteiger partial charge in [-0.3, -0.25) is 9.59 Å². The minimum atomic E-state index is -0.572. The van der Waals surface area contributed by atoms with Crippen LogP contribution in [0.5, 0.6) is 0 Å². The van der Waals surface area contributed by atoms with Crippen LogP contribution in [-0.2, 0) is 9.59 Å². The van der Waals surface area contributed by atoms with Crippen molar-refractivity contribution in [2.24, 2.45) is 0 Å². The molecule has 1 saturated heterocycles. The van der Waals surface area contributed by atoms with Crippen molar-refractivity contribution in [1.82, 2.24) is 10.2 Å². The van der Waals surface area contributed by atoms with E-state index in [0.29, 0.717) is 13.0 Å². The molecule has 0 atom stereocenters. The lowest BCUT2D eigenvalue weighted by Crippen LogP contribution is -2.55. The summed E-state index contributed by atoms with van der Waals surface area (Å²) in [5.41, 5.74) is 0.916. The van der Waals surface area contributed by atoms with E-state index in [9.17, 15) is 9.59 Å². The normalized spacial score (nSPS) is 25.8. The molecular weight excluding hydrogens is 252 g/mol. The average molecular weight is 276 g/mol. The van der Waals surface area contributed by atoms with Crippen LogP contribution in [0.1, 0.15) is 57.8 Å². The lowest BCUT2D eigenvalue weighted by molar-refractivity contribution is -0.138. The van der Waals surface area contributed by atoms with Crippen LogP contribution in [0.25, 0.3) is 0 Å². The lowest BCUT2D eigenvalue weighted by Gasteiger charge is -2.31. The summed E-state index contributed by atoms with van der Waals surface area (Å²) < 4.78 is 0. The first-order chi connectivity index (χ1) is 9.70. The van der Waals surface area contributed by atoms with Gasteiger partial charge in [-0.2, -0.15) is 0 Å². The van der Waals surface area contributed by atoms with E-state index in [1.807, 2.05) is 4.90 Å². The third-order valence-electron chi connectivity index (χ3n) is 4.98. The van der Waals surface area contributed by atoms with Crippen molar-refractivity contribution in [1.29, 1.82) is 0 Å². The highest BCUT2D eigenvalue weighted by molar-refractivity contribution is 5.93. The van der Waals surface area contributed by atoms with Crippen molar-refractivity contribution < 1.29 is 9.59 Å². The molecule has 2 amide bonds. The fraction of sp³-hybridized carbons (Fsp3) is 0.750. The number of nitrogens with zero attached hydrogens (tertiary/aromatic N) is 1. The van der Waals surface area contributed by atoms with Gasteiger partial charge in [-0.25, -0.2) is 0 Å². The molecule has 1 spiro atoms. The second kappa shape index (κ2) is 5.58. The Labute approximate surface area is 120 Å². The van der Waals surface area contributed by atoms with Gasteiger partial charge in [0.1, 0.15) is 5.54 Å². The van der Waals surface area contributed by atoms with Crippen molar-refractivity contribution in [3.8, 4) is 0 Å². The van der Waals surface area contributed by atoms with Crippen LogP contribution < -0.4 is 5.32 Å². The van der Waals surface area contributed by atoms with E-state index < -0.39 is 5.54 Å².